The fourth-order valence-corrected chi connectivity index (χ4v) is 3.28. The number of carboxylic acids is 1. The van der Waals surface area contributed by atoms with Gasteiger partial charge in [0.15, 0.2) is 0 Å². The molecule has 0 saturated carbocycles. The Labute approximate surface area is 120 Å². The van der Waals surface area contributed by atoms with Gasteiger partial charge in [0.1, 0.15) is 0 Å². The number of rotatable bonds is 4. The third-order valence-electron chi connectivity index (χ3n) is 4.58. The number of likely N-dealkylation sites (tertiary alicyclic amines) is 2. The van der Waals surface area contributed by atoms with Crippen LogP contribution in [0.5, 0.6) is 0 Å². The summed E-state index contributed by atoms with van der Waals surface area (Å²) in [6, 6.07) is 0. The SMILES string of the molecule is CC1CCCN(CCC(=O)N2CCC(C(=O)O)CC2)C1. The molecule has 1 N–H and O–H groups in total. The molecule has 2 fully saturated rings. The number of carbonyl (C=O) groups is 2. The van der Waals surface area contributed by atoms with Crippen molar-refractivity contribution in [2.75, 3.05) is 32.7 Å². The number of carboxylic acid groups (broad SMARTS) is 1. The second-order valence-corrected chi connectivity index (χ2v) is 6.29. The van der Waals surface area contributed by atoms with E-state index in [1.807, 2.05) is 4.90 Å². The molecule has 114 valence electrons. The van der Waals surface area contributed by atoms with Gasteiger partial charge in [-0.15, -0.1) is 0 Å². The van der Waals surface area contributed by atoms with E-state index in [0.29, 0.717) is 32.4 Å². The Morgan fingerprint density at radius 3 is 2.45 bits per heavy atom. The number of carbonyl (C=O) groups excluding carboxylic acids is 1. The van der Waals surface area contributed by atoms with E-state index in [-0.39, 0.29) is 11.8 Å². The third-order valence-corrected chi connectivity index (χ3v) is 4.58. The lowest BCUT2D eigenvalue weighted by atomic mass is 9.97. The second-order valence-electron chi connectivity index (χ2n) is 6.29. The van der Waals surface area contributed by atoms with Gasteiger partial charge in [0.2, 0.25) is 5.91 Å². The smallest absolute Gasteiger partial charge is 0.306 e. The number of hydrogen-bond acceptors (Lipinski definition) is 3. The maximum Gasteiger partial charge on any atom is 0.306 e. The Morgan fingerprint density at radius 2 is 1.85 bits per heavy atom. The highest BCUT2D eigenvalue weighted by atomic mass is 16.4. The first-order valence-electron chi connectivity index (χ1n) is 7.79. The van der Waals surface area contributed by atoms with Crippen LogP contribution in [0.3, 0.4) is 0 Å². The van der Waals surface area contributed by atoms with Crippen LogP contribution in [0, 0.1) is 11.8 Å². The lowest BCUT2D eigenvalue weighted by Gasteiger charge is -2.33. The van der Waals surface area contributed by atoms with Crippen LogP contribution in [0.25, 0.3) is 0 Å². The minimum Gasteiger partial charge on any atom is -0.481 e. The van der Waals surface area contributed by atoms with Crippen LogP contribution in [0.15, 0.2) is 0 Å². The summed E-state index contributed by atoms with van der Waals surface area (Å²) < 4.78 is 0. The molecule has 0 spiro atoms. The van der Waals surface area contributed by atoms with Crippen LogP contribution < -0.4 is 0 Å². The molecule has 0 bridgehead atoms. The van der Waals surface area contributed by atoms with Crippen molar-refractivity contribution in [2.24, 2.45) is 11.8 Å². The molecule has 0 radical (unpaired) electrons. The molecule has 20 heavy (non-hydrogen) atoms. The van der Waals surface area contributed by atoms with Gasteiger partial charge in [-0.25, -0.2) is 0 Å². The molecule has 0 aromatic heterocycles. The largest absolute Gasteiger partial charge is 0.481 e. The molecule has 2 aliphatic heterocycles. The summed E-state index contributed by atoms with van der Waals surface area (Å²) in [5.41, 5.74) is 0. The molecule has 0 aromatic rings. The van der Waals surface area contributed by atoms with Gasteiger partial charge in [-0.3, -0.25) is 9.59 Å². The molecule has 5 heteroatoms. The first kappa shape index (κ1) is 15.3. The van der Waals surface area contributed by atoms with Crippen molar-refractivity contribution in [1.82, 2.24) is 9.80 Å². The van der Waals surface area contributed by atoms with Crippen molar-refractivity contribution in [1.29, 1.82) is 0 Å². The van der Waals surface area contributed by atoms with Crippen molar-refractivity contribution >= 4 is 11.9 Å². The van der Waals surface area contributed by atoms with Gasteiger partial charge in [0, 0.05) is 32.6 Å². The van der Waals surface area contributed by atoms with Crippen molar-refractivity contribution < 1.29 is 14.7 Å². The molecule has 0 aliphatic carbocycles. The first-order chi connectivity index (χ1) is 9.56. The van der Waals surface area contributed by atoms with Gasteiger partial charge in [-0.1, -0.05) is 6.92 Å². The topological polar surface area (TPSA) is 60.9 Å². The van der Waals surface area contributed by atoms with Crippen LogP contribution in [0.4, 0.5) is 0 Å². The summed E-state index contributed by atoms with van der Waals surface area (Å²) in [5.74, 6) is -0.0568. The quantitative estimate of drug-likeness (QED) is 0.847. The molecule has 2 rings (SSSR count). The molecule has 5 nitrogen and oxygen atoms in total. The fraction of sp³-hybridized carbons (Fsp3) is 0.867. The second kappa shape index (κ2) is 7.07. The van der Waals surface area contributed by atoms with Crippen LogP contribution in [0.2, 0.25) is 0 Å². The number of hydrogen-bond donors (Lipinski definition) is 1. The highest BCUT2D eigenvalue weighted by Gasteiger charge is 2.27. The molecule has 1 unspecified atom stereocenters. The Morgan fingerprint density at radius 1 is 1.15 bits per heavy atom. The average molecular weight is 282 g/mol. The number of amides is 1. The van der Waals surface area contributed by atoms with Crippen molar-refractivity contribution in [2.45, 2.75) is 39.0 Å². The summed E-state index contributed by atoms with van der Waals surface area (Å²) in [4.78, 5) is 27.3. The fourth-order valence-electron chi connectivity index (χ4n) is 3.28. The molecule has 2 heterocycles. The van der Waals surface area contributed by atoms with E-state index in [2.05, 4.69) is 11.8 Å². The van der Waals surface area contributed by atoms with Crippen LogP contribution in [-0.2, 0) is 9.59 Å². The normalized spacial score (nSPS) is 25.6. The van der Waals surface area contributed by atoms with Gasteiger partial charge in [0.05, 0.1) is 5.92 Å². The standard InChI is InChI=1S/C15H26N2O3/c1-12-3-2-7-16(11-12)8-6-14(18)17-9-4-13(5-10-17)15(19)20/h12-13H,2-11H2,1H3,(H,19,20). The molecule has 0 aromatic carbocycles. The molecule has 2 saturated heterocycles. The highest BCUT2D eigenvalue weighted by molar-refractivity contribution is 5.77. The predicted molar refractivity (Wildman–Crippen MR) is 76.4 cm³/mol. The van der Waals surface area contributed by atoms with E-state index in [4.69, 9.17) is 5.11 Å². The maximum absolute atomic E-state index is 12.2. The zero-order valence-electron chi connectivity index (χ0n) is 12.4. The summed E-state index contributed by atoms with van der Waals surface area (Å²) >= 11 is 0. The van der Waals surface area contributed by atoms with Crippen LogP contribution in [0.1, 0.15) is 39.0 Å². The Bertz CT molecular complexity index is 351. The van der Waals surface area contributed by atoms with E-state index in [1.165, 1.54) is 12.8 Å². The summed E-state index contributed by atoms with van der Waals surface area (Å²) in [7, 11) is 0. The highest BCUT2D eigenvalue weighted by Crippen LogP contribution is 2.19. The Balaban J connectivity index is 1.69. The summed E-state index contributed by atoms with van der Waals surface area (Å²) in [6.07, 6.45) is 4.31. The predicted octanol–water partition coefficient (Wildman–Crippen LogP) is 1.43. The lowest BCUT2D eigenvalue weighted by Crippen LogP contribution is -2.42. The van der Waals surface area contributed by atoms with Crippen molar-refractivity contribution in [3.63, 3.8) is 0 Å². The Hall–Kier alpha value is -1.10. The van der Waals surface area contributed by atoms with E-state index < -0.39 is 5.97 Å². The molecule has 1 amide bonds. The first-order valence-corrected chi connectivity index (χ1v) is 7.79. The maximum atomic E-state index is 12.2. The third kappa shape index (κ3) is 4.20. The van der Waals surface area contributed by atoms with Gasteiger partial charge < -0.3 is 14.9 Å². The average Bonchev–Trinajstić information content (AvgIpc) is 2.45. The van der Waals surface area contributed by atoms with Gasteiger partial charge in [-0.05, 0) is 38.1 Å². The monoisotopic (exact) mass is 282 g/mol. The van der Waals surface area contributed by atoms with Gasteiger partial charge in [-0.2, -0.15) is 0 Å². The van der Waals surface area contributed by atoms with E-state index in [1.54, 1.807) is 0 Å². The minimum absolute atomic E-state index is 0.187. The van der Waals surface area contributed by atoms with Crippen molar-refractivity contribution in [3.05, 3.63) is 0 Å². The number of aliphatic carboxylic acids is 1. The zero-order valence-corrected chi connectivity index (χ0v) is 12.4. The van der Waals surface area contributed by atoms with E-state index >= 15 is 0 Å². The number of nitrogens with zero attached hydrogens (tertiary/aromatic N) is 2. The molecular formula is C15H26N2O3. The van der Waals surface area contributed by atoms with E-state index in [0.717, 1.165) is 25.6 Å². The van der Waals surface area contributed by atoms with Crippen molar-refractivity contribution in [3.8, 4) is 0 Å². The summed E-state index contributed by atoms with van der Waals surface area (Å²) in [5, 5.41) is 8.95. The van der Waals surface area contributed by atoms with Gasteiger partial charge >= 0.3 is 5.97 Å². The lowest BCUT2D eigenvalue weighted by molar-refractivity contribution is -0.145. The van der Waals surface area contributed by atoms with Crippen LogP contribution >= 0.6 is 0 Å². The molecular weight excluding hydrogens is 256 g/mol. The molecule has 2 aliphatic rings. The van der Waals surface area contributed by atoms with Gasteiger partial charge in [0.25, 0.3) is 0 Å². The Kier molecular flexibility index (Phi) is 5.40. The van der Waals surface area contributed by atoms with E-state index in [9.17, 15) is 9.59 Å². The number of piperidine rings is 2. The summed E-state index contributed by atoms with van der Waals surface area (Å²) in [6.45, 7) is 6.54. The minimum atomic E-state index is -0.723. The zero-order chi connectivity index (χ0) is 14.5. The molecule has 1 atom stereocenters. The van der Waals surface area contributed by atoms with Crippen LogP contribution in [-0.4, -0.2) is 59.5 Å².